The second kappa shape index (κ2) is 9.19. The molecule has 1 aromatic carbocycles. The lowest BCUT2D eigenvalue weighted by Gasteiger charge is -2.44. The number of carbonyl (C=O) groups is 1. The minimum absolute atomic E-state index is 0.0807. The van der Waals surface area contributed by atoms with Crippen LogP contribution in [-0.4, -0.2) is 51.2 Å². The summed E-state index contributed by atoms with van der Waals surface area (Å²) in [6.45, 7) is 2.39. The number of hydrogen-bond acceptors (Lipinski definition) is 5. The number of carbonyl (C=O) groups excluding carboxylic acids is 1. The summed E-state index contributed by atoms with van der Waals surface area (Å²) in [6, 6.07) is 8.89. The van der Waals surface area contributed by atoms with Gasteiger partial charge in [0.25, 0.3) is 0 Å². The molecule has 2 fully saturated rings. The van der Waals surface area contributed by atoms with E-state index < -0.39 is 17.8 Å². The highest BCUT2D eigenvalue weighted by atomic mass is 35.5. The SMILES string of the molecule is O=C(OCC1CCCN2CCCCC12)c1cc2nc(-c3ccc(Cl)cc3)cc(C(F)(F)F)n2n1. The van der Waals surface area contributed by atoms with Crippen LogP contribution in [0.3, 0.4) is 0 Å². The van der Waals surface area contributed by atoms with Gasteiger partial charge in [0.1, 0.15) is 0 Å². The Balaban J connectivity index is 1.40. The van der Waals surface area contributed by atoms with E-state index in [1.807, 2.05) is 0 Å². The molecule has 0 radical (unpaired) electrons. The minimum atomic E-state index is -4.69. The van der Waals surface area contributed by atoms with Crippen molar-refractivity contribution in [3.63, 3.8) is 0 Å². The van der Waals surface area contributed by atoms with Crippen molar-refractivity contribution < 1.29 is 22.7 Å². The Hall–Kier alpha value is -2.65. The van der Waals surface area contributed by atoms with E-state index in [1.165, 1.54) is 18.9 Å². The first-order valence-corrected chi connectivity index (χ1v) is 11.8. The average molecular weight is 493 g/mol. The molecule has 0 spiro atoms. The average Bonchev–Trinajstić information content (AvgIpc) is 3.26. The number of piperidine rings is 2. The van der Waals surface area contributed by atoms with Gasteiger partial charge in [-0.3, -0.25) is 4.90 Å². The molecule has 2 aliphatic rings. The summed E-state index contributed by atoms with van der Waals surface area (Å²) in [7, 11) is 0. The fourth-order valence-electron chi connectivity index (χ4n) is 5.07. The van der Waals surface area contributed by atoms with Crippen molar-refractivity contribution in [2.24, 2.45) is 5.92 Å². The Morgan fingerprint density at radius 3 is 2.62 bits per heavy atom. The summed E-state index contributed by atoms with van der Waals surface area (Å²) < 4.78 is 47.6. The van der Waals surface area contributed by atoms with Gasteiger partial charge in [-0.25, -0.2) is 14.3 Å². The van der Waals surface area contributed by atoms with Crippen LogP contribution in [0.1, 0.15) is 48.3 Å². The Morgan fingerprint density at radius 2 is 1.85 bits per heavy atom. The van der Waals surface area contributed by atoms with Crippen LogP contribution >= 0.6 is 11.6 Å². The summed E-state index contributed by atoms with van der Waals surface area (Å²) in [5.74, 6) is -0.505. The number of rotatable bonds is 4. The molecule has 2 aromatic heterocycles. The maximum absolute atomic E-state index is 13.8. The predicted octanol–water partition coefficient (Wildman–Crippen LogP) is 5.49. The summed E-state index contributed by atoms with van der Waals surface area (Å²) in [5.41, 5.74) is -0.718. The third-order valence-corrected chi connectivity index (χ3v) is 6.98. The van der Waals surface area contributed by atoms with E-state index in [9.17, 15) is 18.0 Å². The molecule has 0 bridgehead atoms. The number of esters is 1. The molecule has 0 N–H and O–H groups in total. The number of alkyl halides is 3. The highest BCUT2D eigenvalue weighted by Gasteiger charge is 2.36. The number of halogens is 4. The largest absolute Gasteiger partial charge is 0.461 e. The Labute approximate surface area is 199 Å². The highest BCUT2D eigenvalue weighted by molar-refractivity contribution is 6.30. The van der Waals surface area contributed by atoms with E-state index in [0.717, 1.165) is 38.4 Å². The van der Waals surface area contributed by atoms with E-state index in [0.29, 0.717) is 21.1 Å². The summed E-state index contributed by atoms with van der Waals surface area (Å²) in [6.07, 6.45) is 0.783. The third kappa shape index (κ3) is 4.63. The van der Waals surface area contributed by atoms with Crippen LogP contribution in [0, 0.1) is 5.92 Å². The first kappa shape index (κ1) is 23.1. The monoisotopic (exact) mass is 492 g/mol. The molecule has 0 saturated carbocycles. The number of fused-ring (bicyclic) bond motifs is 2. The Bertz CT molecular complexity index is 1190. The zero-order valence-corrected chi connectivity index (χ0v) is 19.1. The highest BCUT2D eigenvalue weighted by Crippen LogP contribution is 2.33. The topological polar surface area (TPSA) is 59.7 Å². The molecule has 4 heterocycles. The molecule has 180 valence electrons. The van der Waals surface area contributed by atoms with Crippen LogP contribution in [-0.2, 0) is 10.9 Å². The van der Waals surface area contributed by atoms with Crippen LogP contribution < -0.4 is 0 Å². The van der Waals surface area contributed by atoms with E-state index in [-0.39, 0.29) is 29.6 Å². The second-order valence-corrected chi connectivity index (χ2v) is 9.37. The van der Waals surface area contributed by atoms with E-state index >= 15 is 0 Å². The van der Waals surface area contributed by atoms with Gasteiger partial charge in [-0.15, -0.1) is 0 Å². The van der Waals surface area contributed by atoms with E-state index in [4.69, 9.17) is 16.3 Å². The number of benzene rings is 1. The smallest absolute Gasteiger partial charge is 0.433 e. The van der Waals surface area contributed by atoms with Crippen molar-refractivity contribution in [3.8, 4) is 11.3 Å². The lowest BCUT2D eigenvalue weighted by molar-refractivity contribution is -0.142. The molecule has 10 heteroatoms. The molecule has 0 amide bonds. The van der Waals surface area contributed by atoms with E-state index in [1.54, 1.807) is 24.3 Å². The summed E-state index contributed by atoms with van der Waals surface area (Å²) in [5, 5.41) is 4.36. The fourth-order valence-corrected chi connectivity index (χ4v) is 5.20. The quantitative estimate of drug-likeness (QED) is 0.451. The second-order valence-electron chi connectivity index (χ2n) is 8.93. The van der Waals surface area contributed by atoms with Gasteiger partial charge in [0.15, 0.2) is 17.0 Å². The van der Waals surface area contributed by atoms with Crippen LogP contribution in [0.5, 0.6) is 0 Å². The van der Waals surface area contributed by atoms with Crippen molar-refractivity contribution in [3.05, 3.63) is 52.8 Å². The normalized spacial score (nSPS) is 21.4. The van der Waals surface area contributed by atoms with E-state index in [2.05, 4.69) is 15.0 Å². The fraction of sp³-hybridized carbons (Fsp3) is 0.458. The van der Waals surface area contributed by atoms with Gasteiger partial charge < -0.3 is 4.74 Å². The number of nitrogens with zero attached hydrogens (tertiary/aromatic N) is 4. The third-order valence-electron chi connectivity index (χ3n) is 6.72. The zero-order valence-electron chi connectivity index (χ0n) is 18.4. The lowest BCUT2D eigenvalue weighted by atomic mass is 9.84. The van der Waals surface area contributed by atoms with Crippen LogP contribution in [0.15, 0.2) is 36.4 Å². The van der Waals surface area contributed by atoms with Gasteiger partial charge in [-0.05, 0) is 57.0 Å². The molecule has 2 aliphatic heterocycles. The molecule has 0 aliphatic carbocycles. The molecule has 6 nitrogen and oxygen atoms in total. The van der Waals surface area contributed by atoms with Gasteiger partial charge in [0.2, 0.25) is 0 Å². The predicted molar refractivity (Wildman–Crippen MR) is 121 cm³/mol. The maximum atomic E-state index is 13.8. The molecule has 34 heavy (non-hydrogen) atoms. The molecular weight excluding hydrogens is 469 g/mol. The first-order valence-electron chi connectivity index (χ1n) is 11.4. The van der Waals surface area contributed by atoms with Gasteiger partial charge in [0.05, 0.1) is 12.3 Å². The molecule has 2 unspecified atom stereocenters. The molecule has 5 rings (SSSR count). The van der Waals surface area contributed by atoms with Crippen LogP contribution in [0.25, 0.3) is 16.9 Å². The number of ether oxygens (including phenoxy) is 1. The van der Waals surface area contributed by atoms with Gasteiger partial charge in [-0.1, -0.05) is 30.2 Å². The van der Waals surface area contributed by atoms with Gasteiger partial charge in [0, 0.05) is 28.6 Å². The van der Waals surface area contributed by atoms with Crippen molar-refractivity contribution in [1.29, 1.82) is 0 Å². The first-order chi connectivity index (χ1) is 16.3. The van der Waals surface area contributed by atoms with Crippen molar-refractivity contribution in [1.82, 2.24) is 19.5 Å². The van der Waals surface area contributed by atoms with Gasteiger partial charge >= 0.3 is 12.1 Å². The van der Waals surface area contributed by atoms with Crippen molar-refractivity contribution >= 4 is 23.2 Å². The molecule has 2 saturated heterocycles. The Morgan fingerprint density at radius 1 is 1.09 bits per heavy atom. The molecule has 2 atom stereocenters. The lowest BCUT2D eigenvalue weighted by Crippen LogP contribution is -2.49. The maximum Gasteiger partial charge on any atom is 0.433 e. The molecule has 3 aromatic rings. The molecular formula is C24H24ClF3N4O2. The van der Waals surface area contributed by atoms with Crippen molar-refractivity contribution in [2.45, 2.75) is 44.3 Å². The van der Waals surface area contributed by atoms with Gasteiger partial charge in [-0.2, -0.15) is 18.3 Å². The summed E-state index contributed by atoms with van der Waals surface area (Å²) in [4.78, 5) is 19.5. The number of aromatic nitrogens is 3. The Kier molecular flexibility index (Phi) is 6.24. The van der Waals surface area contributed by atoms with Crippen molar-refractivity contribution in [2.75, 3.05) is 19.7 Å². The number of hydrogen-bond donors (Lipinski definition) is 0. The standard InChI is InChI=1S/C24H24ClF3N4O2/c25-17-8-6-15(7-9-17)18-12-21(24(26,27)28)32-22(29-18)13-19(30-32)23(33)34-14-16-4-3-11-31-10-2-1-5-20(16)31/h6-9,12-13,16,20H,1-5,10-11,14H2. The zero-order chi connectivity index (χ0) is 23.9. The minimum Gasteiger partial charge on any atom is -0.461 e. The summed E-state index contributed by atoms with van der Waals surface area (Å²) >= 11 is 5.89. The van der Waals surface area contributed by atoms with Crippen LogP contribution in [0.4, 0.5) is 13.2 Å². The van der Waals surface area contributed by atoms with Crippen LogP contribution in [0.2, 0.25) is 5.02 Å².